The van der Waals surface area contributed by atoms with Crippen LogP contribution in [0, 0.1) is 17.5 Å². The van der Waals surface area contributed by atoms with Crippen LogP contribution in [-0.2, 0) is 20.3 Å². The van der Waals surface area contributed by atoms with Gasteiger partial charge in [0.15, 0.2) is 10.6 Å². The minimum Gasteiger partial charge on any atom is -0.469 e. The Hall–Kier alpha value is -2.00. The van der Waals surface area contributed by atoms with E-state index >= 15 is 0 Å². The fraction of sp³-hybridized carbons (Fsp3) is 0.400. The van der Waals surface area contributed by atoms with E-state index < -0.39 is 0 Å². The minimum absolute atomic E-state index is 0.248. The number of benzene rings is 1. The van der Waals surface area contributed by atoms with E-state index in [9.17, 15) is 4.39 Å². The molecule has 4 rings (SSSR count). The predicted octanol–water partition coefficient (Wildman–Crippen LogP) is 4.09. The highest BCUT2D eigenvalue weighted by Crippen LogP contribution is 2.23. The van der Waals surface area contributed by atoms with Crippen LogP contribution in [0.15, 0.2) is 34.9 Å². The van der Waals surface area contributed by atoms with Gasteiger partial charge in [-0.1, -0.05) is 17.7 Å². The van der Waals surface area contributed by atoms with E-state index in [1.807, 2.05) is 29.3 Å². The second-order valence-corrected chi connectivity index (χ2v) is 8.06. The van der Waals surface area contributed by atoms with Crippen LogP contribution in [0.3, 0.4) is 0 Å². The Kier molecular flexibility index (Phi) is 5.87. The van der Waals surface area contributed by atoms with Crippen LogP contribution >= 0.6 is 23.8 Å². The highest BCUT2D eigenvalue weighted by molar-refractivity contribution is 7.71. The van der Waals surface area contributed by atoms with Crippen molar-refractivity contribution in [2.45, 2.75) is 20.1 Å². The van der Waals surface area contributed by atoms with Gasteiger partial charge in [-0.05, 0) is 37.3 Å². The summed E-state index contributed by atoms with van der Waals surface area (Å²) >= 11 is 11.7. The first-order valence-electron chi connectivity index (χ1n) is 9.50. The van der Waals surface area contributed by atoms with Gasteiger partial charge in [0.1, 0.15) is 11.6 Å². The molecule has 2 aromatic heterocycles. The first-order valence-corrected chi connectivity index (χ1v) is 10.3. The molecule has 0 amide bonds. The smallest absolute Gasteiger partial charge is 0.199 e. The van der Waals surface area contributed by atoms with Gasteiger partial charge in [0.2, 0.25) is 0 Å². The Morgan fingerprint density at radius 1 is 1.17 bits per heavy atom. The van der Waals surface area contributed by atoms with Crippen LogP contribution in [0.4, 0.5) is 4.39 Å². The molecule has 1 saturated heterocycles. The molecule has 0 saturated carbocycles. The topological polar surface area (TPSA) is 42.4 Å². The van der Waals surface area contributed by atoms with E-state index in [0.717, 1.165) is 43.3 Å². The maximum atomic E-state index is 14.0. The van der Waals surface area contributed by atoms with Crippen LogP contribution in [-0.4, -0.2) is 50.3 Å². The number of furan rings is 1. The van der Waals surface area contributed by atoms with Crippen molar-refractivity contribution in [1.29, 1.82) is 0 Å². The maximum absolute atomic E-state index is 14.0. The van der Waals surface area contributed by atoms with Crippen molar-refractivity contribution in [2.75, 3.05) is 26.2 Å². The normalized spacial score (nSPS) is 15.9. The van der Waals surface area contributed by atoms with Gasteiger partial charge in [0.25, 0.3) is 0 Å². The van der Waals surface area contributed by atoms with E-state index in [1.165, 1.54) is 6.07 Å². The first kappa shape index (κ1) is 20.3. The average molecular weight is 436 g/mol. The van der Waals surface area contributed by atoms with E-state index in [0.29, 0.717) is 28.6 Å². The molecule has 0 aliphatic carbocycles. The summed E-state index contributed by atoms with van der Waals surface area (Å²) < 4.78 is 23.9. The van der Waals surface area contributed by atoms with E-state index in [1.54, 1.807) is 18.4 Å². The van der Waals surface area contributed by atoms with Crippen LogP contribution in [0.2, 0.25) is 5.02 Å². The molecule has 0 atom stereocenters. The Morgan fingerprint density at radius 3 is 2.55 bits per heavy atom. The Labute approximate surface area is 179 Å². The van der Waals surface area contributed by atoms with Gasteiger partial charge in [0, 0.05) is 50.4 Å². The molecule has 9 heteroatoms. The average Bonchev–Trinajstić information content (AvgIpc) is 3.24. The number of aromatic nitrogens is 3. The molecule has 0 radical (unpaired) electrons. The van der Waals surface area contributed by atoms with Crippen LogP contribution in [0.1, 0.15) is 11.3 Å². The molecule has 1 fully saturated rings. The lowest BCUT2D eigenvalue weighted by molar-refractivity contribution is 0.0974. The van der Waals surface area contributed by atoms with Crippen molar-refractivity contribution in [2.24, 2.45) is 7.05 Å². The molecule has 0 N–H and O–H groups in total. The van der Waals surface area contributed by atoms with Gasteiger partial charge in [-0.3, -0.25) is 9.80 Å². The fourth-order valence-electron chi connectivity index (χ4n) is 3.62. The van der Waals surface area contributed by atoms with Gasteiger partial charge in [-0.2, -0.15) is 5.10 Å². The van der Waals surface area contributed by atoms with Crippen LogP contribution in [0.25, 0.3) is 11.4 Å². The quantitative estimate of drug-likeness (QED) is 0.565. The summed E-state index contributed by atoms with van der Waals surface area (Å²) in [5.41, 5.74) is 1.51. The molecule has 6 nitrogen and oxygen atoms in total. The third-order valence-electron chi connectivity index (χ3n) is 5.38. The third kappa shape index (κ3) is 4.16. The van der Waals surface area contributed by atoms with Crippen molar-refractivity contribution in [1.82, 2.24) is 24.1 Å². The predicted molar refractivity (Wildman–Crippen MR) is 113 cm³/mol. The van der Waals surface area contributed by atoms with Crippen molar-refractivity contribution >= 4 is 23.8 Å². The minimum atomic E-state index is -0.248. The SMILES string of the molecule is Cc1occc1-c1nn(CN2CCN(Cc3c(F)cccc3Cl)CC2)c(=S)n1C. The summed E-state index contributed by atoms with van der Waals surface area (Å²) in [6.07, 6.45) is 1.66. The largest absolute Gasteiger partial charge is 0.469 e. The standard InChI is InChI=1S/C20H23ClFN5OS/c1-14-15(6-11-28-14)19-23-27(20(29)24(19)2)13-26-9-7-25(8-10-26)12-16-17(21)4-3-5-18(16)22/h3-6,11H,7-10,12-13H2,1-2H3. The summed E-state index contributed by atoms with van der Waals surface area (Å²) in [7, 11) is 1.92. The molecule has 3 aromatic rings. The molecule has 3 heterocycles. The number of hydrogen-bond donors (Lipinski definition) is 0. The van der Waals surface area contributed by atoms with Crippen molar-refractivity contribution in [3.05, 3.63) is 57.5 Å². The summed E-state index contributed by atoms with van der Waals surface area (Å²) in [6.45, 7) is 6.43. The summed E-state index contributed by atoms with van der Waals surface area (Å²) in [5.74, 6) is 1.37. The van der Waals surface area contributed by atoms with Gasteiger partial charge < -0.3 is 8.98 Å². The number of aryl methyl sites for hydroxylation is 1. The van der Waals surface area contributed by atoms with Gasteiger partial charge in [0.05, 0.1) is 18.5 Å². The van der Waals surface area contributed by atoms with E-state index in [4.69, 9.17) is 33.3 Å². The van der Waals surface area contributed by atoms with Crippen LogP contribution < -0.4 is 0 Å². The molecular weight excluding hydrogens is 413 g/mol. The molecule has 154 valence electrons. The summed E-state index contributed by atoms with van der Waals surface area (Å²) in [4.78, 5) is 4.52. The molecule has 1 aromatic carbocycles. The Morgan fingerprint density at radius 2 is 1.90 bits per heavy atom. The molecule has 1 aliphatic heterocycles. The highest BCUT2D eigenvalue weighted by Gasteiger charge is 2.21. The lowest BCUT2D eigenvalue weighted by Gasteiger charge is -2.34. The lowest BCUT2D eigenvalue weighted by atomic mass is 10.2. The number of hydrogen-bond acceptors (Lipinski definition) is 5. The Bertz CT molecular complexity index is 1050. The molecule has 0 spiro atoms. The zero-order valence-electron chi connectivity index (χ0n) is 16.4. The van der Waals surface area contributed by atoms with Crippen molar-refractivity contribution in [3.8, 4) is 11.4 Å². The summed E-state index contributed by atoms with van der Waals surface area (Å²) in [6, 6.07) is 6.73. The highest BCUT2D eigenvalue weighted by atomic mass is 35.5. The molecular formula is C20H23ClFN5OS. The lowest BCUT2D eigenvalue weighted by Crippen LogP contribution is -2.46. The third-order valence-corrected chi connectivity index (χ3v) is 6.22. The molecule has 1 aliphatic rings. The Balaban J connectivity index is 1.40. The van der Waals surface area contributed by atoms with E-state index in [2.05, 4.69) is 9.80 Å². The monoisotopic (exact) mass is 435 g/mol. The maximum Gasteiger partial charge on any atom is 0.199 e. The summed E-state index contributed by atoms with van der Waals surface area (Å²) in [5, 5.41) is 5.19. The fourth-order valence-corrected chi connectivity index (χ4v) is 4.02. The molecule has 29 heavy (non-hydrogen) atoms. The zero-order chi connectivity index (χ0) is 20.5. The van der Waals surface area contributed by atoms with E-state index in [-0.39, 0.29) is 5.82 Å². The molecule has 0 unspecified atom stereocenters. The van der Waals surface area contributed by atoms with Gasteiger partial charge >= 0.3 is 0 Å². The van der Waals surface area contributed by atoms with Gasteiger partial charge in [-0.15, -0.1) is 0 Å². The molecule has 0 bridgehead atoms. The number of halogens is 2. The van der Waals surface area contributed by atoms with Gasteiger partial charge in [-0.25, -0.2) is 9.07 Å². The second kappa shape index (κ2) is 8.39. The zero-order valence-corrected chi connectivity index (χ0v) is 18.0. The van der Waals surface area contributed by atoms with Crippen molar-refractivity contribution in [3.63, 3.8) is 0 Å². The second-order valence-electron chi connectivity index (χ2n) is 7.29. The van der Waals surface area contributed by atoms with Crippen molar-refractivity contribution < 1.29 is 8.81 Å². The number of piperazine rings is 1. The number of rotatable bonds is 5. The van der Waals surface area contributed by atoms with Crippen LogP contribution in [0.5, 0.6) is 0 Å². The first-order chi connectivity index (χ1) is 13.9. The number of nitrogens with zero attached hydrogens (tertiary/aromatic N) is 5.